The van der Waals surface area contributed by atoms with Gasteiger partial charge in [-0.15, -0.1) is 0 Å². The number of aromatic nitrogens is 2. The van der Waals surface area contributed by atoms with Crippen molar-refractivity contribution in [1.29, 1.82) is 0 Å². The van der Waals surface area contributed by atoms with E-state index >= 15 is 0 Å². The summed E-state index contributed by atoms with van der Waals surface area (Å²) >= 11 is 0. The van der Waals surface area contributed by atoms with Gasteiger partial charge in [0.1, 0.15) is 5.82 Å². The quantitative estimate of drug-likeness (QED) is 0.703. The summed E-state index contributed by atoms with van der Waals surface area (Å²) in [5.41, 5.74) is 4.43. The first-order valence-corrected chi connectivity index (χ1v) is 5.70. The number of imidazole rings is 1. The van der Waals surface area contributed by atoms with Gasteiger partial charge in [-0.3, -0.25) is 0 Å². The van der Waals surface area contributed by atoms with Crippen LogP contribution in [0.5, 0.6) is 0 Å². The number of H-pyrrole nitrogens is 1. The second-order valence-electron chi connectivity index (χ2n) is 4.05. The first-order chi connectivity index (χ1) is 8.36. The van der Waals surface area contributed by atoms with Crippen LogP contribution in [-0.2, 0) is 6.42 Å². The Labute approximate surface area is 100 Å². The molecule has 1 radical (unpaired) electrons. The third kappa shape index (κ3) is 1.82. The van der Waals surface area contributed by atoms with Crippen molar-refractivity contribution in [2.45, 2.75) is 6.42 Å². The molecule has 2 aromatic carbocycles. The van der Waals surface area contributed by atoms with Crippen LogP contribution >= 0.6 is 0 Å². The minimum absolute atomic E-state index is 0.820. The highest BCUT2D eigenvalue weighted by atomic mass is 14.9. The molecule has 0 aliphatic heterocycles. The van der Waals surface area contributed by atoms with Crippen LogP contribution in [0.15, 0.2) is 48.5 Å². The lowest BCUT2D eigenvalue weighted by atomic mass is 10.1. The van der Waals surface area contributed by atoms with Crippen LogP contribution in [0, 0.1) is 6.92 Å². The van der Waals surface area contributed by atoms with Crippen molar-refractivity contribution in [2.24, 2.45) is 0 Å². The molecule has 0 aliphatic carbocycles. The van der Waals surface area contributed by atoms with Gasteiger partial charge in [-0.25, -0.2) is 4.98 Å². The molecule has 1 heterocycles. The molecule has 1 N–H and O–H groups in total. The van der Waals surface area contributed by atoms with E-state index in [0.717, 1.165) is 28.8 Å². The summed E-state index contributed by atoms with van der Waals surface area (Å²) in [4.78, 5) is 7.89. The second-order valence-corrected chi connectivity index (χ2v) is 4.05. The average Bonchev–Trinajstić information content (AvgIpc) is 2.82. The Kier molecular flexibility index (Phi) is 2.41. The lowest BCUT2D eigenvalue weighted by Crippen LogP contribution is -1.83. The fourth-order valence-corrected chi connectivity index (χ4v) is 1.92. The van der Waals surface area contributed by atoms with Crippen LogP contribution in [0.25, 0.3) is 22.4 Å². The molecule has 1 aromatic heterocycles. The molecule has 17 heavy (non-hydrogen) atoms. The van der Waals surface area contributed by atoms with Gasteiger partial charge < -0.3 is 4.98 Å². The van der Waals surface area contributed by atoms with Gasteiger partial charge in [-0.05, 0) is 31.0 Å². The van der Waals surface area contributed by atoms with E-state index in [-0.39, 0.29) is 0 Å². The number of aromatic amines is 1. The van der Waals surface area contributed by atoms with Crippen molar-refractivity contribution < 1.29 is 0 Å². The molecule has 2 heteroatoms. The predicted octanol–water partition coefficient (Wildman–Crippen LogP) is 3.61. The first-order valence-electron chi connectivity index (χ1n) is 5.70. The Morgan fingerprint density at radius 1 is 1.00 bits per heavy atom. The number of fused-ring (bicyclic) bond motifs is 1. The Bertz CT molecular complexity index is 602. The summed E-state index contributed by atoms with van der Waals surface area (Å²) in [6.07, 6.45) is 0.820. The van der Waals surface area contributed by atoms with Gasteiger partial charge in [0, 0.05) is 5.56 Å². The van der Waals surface area contributed by atoms with E-state index in [1.807, 2.05) is 24.3 Å². The van der Waals surface area contributed by atoms with Gasteiger partial charge in [-0.1, -0.05) is 36.4 Å². The number of para-hydroxylation sites is 2. The van der Waals surface area contributed by atoms with Crippen LogP contribution in [-0.4, -0.2) is 9.97 Å². The minimum atomic E-state index is 0.820. The topological polar surface area (TPSA) is 28.7 Å². The van der Waals surface area contributed by atoms with Crippen LogP contribution in [0.4, 0.5) is 0 Å². The molecule has 3 rings (SSSR count). The maximum Gasteiger partial charge on any atom is 0.138 e. The molecule has 2 nitrogen and oxygen atoms in total. The zero-order valence-electron chi connectivity index (χ0n) is 9.48. The largest absolute Gasteiger partial charge is 0.338 e. The molecular formula is C15H13N2. The zero-order chi connectivity index (χ0) is 11.7. The first kappa shape index (κ1) is 10.1. The van der Waals surface area contributed by atoms with E-state index in [1.165, 1.54) is 5.56 Å². The van der Waals surface area contributed by atoms with Gasteiger partial charge in [-0.2, -0.15) is 0 Å². The van der Waals surface area contributed by atoms with Crippen molar-refractivity contribution >= 4 is 11.0 Å². The Morgan fingerprint density at radius 3 is 2.47 bits per heavy atom. The summed E-state index contributed by atoms with van der Waals surface area (Å²) in [7, 11) is 0. The fraction of sp³-hybridized carbons (Fsp3) is 0.0667. The maximum atomic E-state index is 4.57. The average molecular weight is 221 g/mol. The Balaban J connectivity index is 2.07. The molecule has 0 fully saturated rings. The SMILES string of the molecule is [CH2]Cc1ccc(-c2nc3ccccc3[nH]2)cc1. The van der Waals surface area contributed by atoms with E-state index in [9.17, 15) is 0 Å². The van der Waals surface area contributed by atoms with Gasteiger partial charge >= 0.3 is 0 Å². The van der Waals surface area contributed by atoms with Crippen LogP contribution < -0.4 is 0 Å². The second kappa shape index (κ2) is 4.06. The lowest BCUT2D eigenvalue weighted by molar-refractivity contribution is 1.26. The molecule has 0 bridgehead atoms. The molecule has 0 saturated heterocycles. The highest BCUT2D eigenvalue weighted by molar-refractivity contribution is 5.79. The monoisotopic (exact) mass is 221 g/mol. The number of benzene rings is 2. The summed E-state index contributed by atoms with van der Waals surface area (Å²) in [6.45, 7) is 3.87. The van der Waals surface area contributed by atoms with E-state index < -0.39 is 0 Å². The summed E-state index contributed by atoms with van der Waals surface area (Å²) in [5.74, 6) is 0.918. The molecule has 3 aromatic rings. The smallest absolute Gasteiger partial charge is 0.138 e. The highest BCUT2D eigenvalue weighted by Gasteiger charge is 2.03. The number of rotatable bonds is 2. The van der Waals surface area contributed by atoms with E-state index in [2.05, 4.69) is 41.2 Å². The highest BCUT2D eigenvalue weighted by Crippen LogP contribution is 2.20. The third-order valence-corrected chi connectivity index (χ3v) is 2.91. The van der Waals surface area contributed by atoms with Crippen LogP contribution in [0.2, 0.25) is 0 Å². The van der Waals surface area contributed by atoms with Crippen molar-refractivity contribution in [1.82, 2.24) is 9.97 Å². The molecule has 0 atom stereocenters. The van der Waals surface area contributed by atoms with Crippen molar-refractivity contribution in [3.63, 3.8) is 0 Å². The molecular weight excluding hydrogens is 208 g/mol. The number of nitrogens with one attached hydrogen (secondary N) is 1. The fourth-order valence-electron chi connectivity index (χ4n) is 1.92. The normalized spacial score (nSPS) is 10.9. The Hall–Kier alpha value is -2.09. The van der Waals surface area contributed by atoms with E-state index in [0.29, 0.717) is 0 Å². The molecule has 0 unspecified atom stereocenters. The van der Waals surface area contributed by atoms with E-state index in [1.54, 1.807) is 0 Å². The summed E-state index contributed by atoms with van der Waals surface area (Å²) in [6, 6.07) is 16.4. The van der Waals surface area contributed by atoms with Crippen LogP contribution in [0.1, 0.15) is 5.56 Å². The molecule has 0 aliphatic rings. The van der Waals surface area contributed by atoms with Gasteiger partial charge in [0.2, 0.25) is 0 Å². The van der Waals surface area contributed by atoms with Gasteiger partial charge in [0.25, 0.3) is 0 Å². The lowest BCUT2D eigenvalue weighted by Gasteiger charge is -1.98. The van der Waals surface area contributed by atoms with E-state index in [4.69, 9.17) is 0 Å². The zero-order valence-corrected chi connectivity index (χ0v) is 9.48. The molecule has 83 valence electrons. The van der Waals surface area contributed by atoms with Gasteiger partial charge in [0.15, 0.2) is 0 Å². The molecule has 0 amide bonds. The number of hydrogen-bond acceptors (Lipinski definition) is 1. The summed E-state index contributed by atoms with van der Waals surface area (Å²) < 4.78 is 0. The predicted molar refractivity (Wildman–Crippen MR) is 70.6 cm³/mol. The molecule has 0 saturated carbocycles. The van der Waals surface area contributed by atoms with Crippen LogP contribution in [0.3, 0.4) is 0 Å². The van der Waals surface area contributed by atoms with Gasteiger partial charge in [0.05, 0.1) is 11.0 Å². The summed E-state index contributed by atoms with van der Waals surface area (Å²) in [5, 5.41) is 0. The Morgan fingerprint density at radius 2 is 1.76 bits per heavy atom. The maximum absolute atomic E-state index is 4.57. The third-order valence-electron chi connectivity index (χ3n) is 2.91. The number of nitrogens with zero attached hydrogens (tertiary/aromatic N) is 1. The standard InChI is InChI=1S/C15H13N2/c1-2-11-7-9-12(10-8-11)15-16-13-5-3-4-6-14(13)17-15/h3-10H,1-2H2,(H,16,17). The molecule has 0 spiro atoms. The van der Waals surface area contributed by atoms with Crippen molar-refractivity contribution in [3.8, 4) is 11.4 Å². The van der Waals surface area contributed by atoms with Crippen molar-refractivity contribution in [2.75, 3.05) is 0 Å². The van der Waals surface area contributed by atoms with Crippen molar-refractivity contribution in [3.05, 3.63) is 61.0 Å². The number of hydrogen-bond donors (Lipinski definition) is 1. The minimum Gasteiger partial charge on any atom is -0.338 e.